The van der Waals surface area contributed by atoms with Crippen LogP contribution >= 0.6 is 0 Å². The van der Waals surface area contributed by atoms with E-state index in [0.29, 0.717) is 0 Å². The number of hydrogen-bond donors (Lipinski definition) is 0. The molecule has 0 fully saturated rings. The Morgan fingerprint density at radius 2 is 1.79 bits per heavy atom. The largest absolute Gasteiger partial charge is 0.261 e. The lowest BCUT2D eigenvalue weighted by atomic mass is 9.80. The molecule has 1 heterocycles. The maximum absolute atomic E-state index is 4.40. The number of rotatable bonds is 0. The standard InChI is InChI=1S/C11H15N.C2H6/c1-8-6-10-4-3-5-12-11(10)7-9(8)2;1-2/h3-5,8-9H,6-7H2,1-2H3;1-2H3. The smallest absolute Gasteiger partial charge is 0.0438 e. The topological polar surface area (TPSA) is 12.9 Å². The molecule has 78 valence electrons. The Bertz CT molecular complexity index is 251. The Hall–Kier alpha value is -0.850. The molecule has 1 aliphatic carbocycles. The lowest BCUT2D eigenvalue weighted by Gasteiger charge is -2.26. The Balaban J connectivity index is 0.000000461. The van der Waals surface area contributed by atoms with Crippen LogP contribution in [-0.2, 0) is 12.8 Å². The SMILES string of the molecule is CC.CC1Cc2cccnc2CC1C. The van der Waals surface area contributed by atoms with Crippen molar-refractivity contribution >= 4 is 0 Å². The van der Waals surface area contributed by atoms with Gasteiger partial charge in [0, 0.05) is 11.9 Å². The minimum atomic E-state index is 0.799. The molecule has 0 saturated heterocycles. The van der Waals surface area contributed by atoms with E-state index in [0.717, 1.165) is 18.3 Å². The quantitative estimate of drug-likeness (QED) is 0.612. The van der Waals surface area contributed by atoms with E-state index in [2.05, 4.69) is 24.9 Å². The van der Waals surface area contributed by atoms with Gasteiger partial charge in [0.2, 0.25) is 0 Å². The minimum absolute atomic E-state index is 0.799. The van der Waals surface area contributed by atoms with E-state index >= 15 is 0 Å². The summed E-state index contributed by atoms with van der Waals surface area (Å²) >= 11 is 0. The average Bonchev–Trinajstić information content (AvgIpc) is 2.23. The van der Waals surface area contributed by atoms with Crippen molar-refractivity contribution in [2.24, 2.45) is 11.8 Å². The van der Waals surface area contributed by atoms with Gasteiger partial charge in [0.15, 0.2) is 0 Å². The molecule has 0 radical (unpaired) electrons. The van der Waals surface area contributed by atoms with Crippen LogP contribution in [0.3, 0.4) is 0 Å². The zero-order valence-electron chi connectivity index (χ0n) is 9.75. The average molecular weight is 191 g/mol. The van der Waals surface area contributed by atoms with Crippen LogP contribution in [0.1, 0.15) is 39.0 Å². The fourth-order valence-electron chi connectivity index (χ4n) is 1.90. The summed E-state index contributed by atoms with van der Waals surface area (Å²) in [5, 5.41) is 0. The molecule has 1 aromatic rings. The highest BCUT2D eigenvalue weighted by atomic mass is 14.7. The normalized spacial score (nSPS) is 24.6. The molecule has 0 bridgehead atoms. The Labute approximate surface area is 87.6 Å². The van der Waals surface area contributed by atoms with Gasteiger partial charge in [-0.25, -0.2) is 0 Å². The molecule has 0 aliphatic heterocycles. The summed E-state index contributed by atoms with van der Waals surface area (Å²) in [5.74, 6) is 1.62. The molecule has 0 spiro atoms. The molecule has 14 heavy (non-hydrogen) atoms. The van der Waals surface area contributed by atoms with Crippen LogP contribution in [-0.4, -0.2) is 4.98 Å². The van der Waals surface area contributed by atoms with Crippen LogP contribution < -0.4 is 0 Å². The summed E-state index contributed by atoms with van der Waals surface area (Å²) in [4.78, 5) is 4.40. The first-order chi connectivity index (χ1) is 6.77. The van der Waals surface area contributed by atoms with E-state index in [9.17, 15) is 0 Å². The zero-order chi connectivity index (χ0) is 10.6. The highest BCUT2D eigenvalue weighted by molar-refractivity contribution is 5.23. The molecule has 0 saturated carbocycles. The number of aromatic nitrogens is 1. The van der Waals surface area contributed by atoms with Crippen molar-refractivity contribution in [2.45, 2.75) is 40.5 Å². The third-order valence-corrected chi connectivity index (χ3v) is 3.01. The predicted octanol–water partition coefficient (Wildman–Crippen LogP) is 3.48. The predicted molar refractivity (Wildman–Crippen MR) is 61.3 cm³/mol. The van der Waals surface area contributed by atoms with Crippen LogP contribution in [0.5, 0.6) is 0 Å². The third kappa shape index (κ3) is 2.34. The van der Waals surface area contributed by atoms with E-state index in [4.69, 9.17) is 0 Å². The molecule has 2 unspecified atom stereocenters. The van der Waals surface area contributed by atoms with E-state index < -0.39 is 0 Å². The van der Waals surface area contributed by atoms with Gasteiger partial charge in [-0.2, -0.15) is 0 Å². The van der Waals surface area contributed by atoms with Crippen LogP contribution in [0, 0.1) is 11.8 Å². The van der Waals surface area contributed by atoms with Gasteiger partial charge in [-0.15, -0.1) is 0 Å². The zero-order valence-corrected chi connectivity index (χ0v) is 9.75. The van der Waals surface area contributed by atoms with E-state index in [1.807, 2.05) is 26.1 Å². The van der Waals surface area contributed by atoms with E-state index in [1.165, 1.54) is 17.7 Å². The van der Waals surface area contributed by atoms with Crippen molar-refractivity contribution in [3.63, 3.8) is 0 Å². The van der Waals surface area contributed by atoms with Gasteiger partial charge in [-0.1, -0.05) is 33.8 Å². The number of fused-ring (bicyclic) bond motifs is 1. The van der Waals surface area contributed by atoms with E-state index in [-0.39, 0.29) is 0 Å². The second-order valence-electron chi connectivity index (χ2n) is 3.97. The van der Waals surface area contributed by atoms with Crippen molar-refractivity contribution in [1.82, 2.24) is 4.98 Å². The fourth-order valence-corrected chi connectivity index (χ4v) is 1.90. The van der Waals surface area contributed by atoms with Crippen LogP contribution in [0.2, 0.25) is 0 Å². The number of pyridine rings is 1. The third-order valence-electron chi connectivity index (χ3n) is 3.01. The van der Waals surface area contributed by atoms with Crippen LogP contribution in [0.25, 0.3) is 0 Å². The first-order valence-corrected chi connectivity index (χ1v) is 5.70. The summed E-state index contributed by atoms with van der Waals surface area (Å²) in [5.41, 5.74) is 2.78. The maximum Gasteiger partial charge on any atom is 0.0438 e. The molecule has 1 nitrogen and oxygen atoms in total. The van der Waals surface area contributed by atoms with Crippen LogP contribution in [0.4, 0.5) is 0 Å². The molecule has 0 amide bonds. The molecule has 2 atom stereocenters. The summed E-state index contributed by atoms with van der Waals surface area (Å²) in [7, 11) is 0. The van der Waals surface area contributed by atoms with Gasteiger partial charge < -0.3 is 0 Å². The van der Waals surface area contributed by atoms with Crippen molar-refractivity contribution in [1.29, 1.82) is 0 Å². The Morgan fingerprint density at radius 1 is 1.14 bits per heavy atom. The van der Waals surface area contributed by atoms with Crippen molar-refractivity contribution in [2.75, 3.05) is 0 Å². The molecule has 1 heteroatoms. The Kier molecular flexibility index (Phi) is 4.12. The molecular weight excluding hydrogens is 170 g/mol. The number of hydrogen-bond acceptors (Lipinski definition) is 1. The lowest BCUT2D eigenvalue weighted by molar-refractivity contribution is 0.356. The molecular formula is C13H21N. The van der Waals surface area contributed by atoms with Gasteiger partial charge in [-0.05, 0) is 36.3 Å². The first-order valence-electron chi connectivity index (χ1n) is 5.70. The molecule has 1 aliphatic rings. The molecule has 1 aromatic heterocycles. The van der Waals surface area contributed by atoms with Gasteiger partial charge in [0.1, 0.15) is 0 Å². The summed E-state index contributed by atoms with van der Waals surface area (Å²) < 4.78 is 0. The first kappa shape index (κ1) is 11.2. The molecule has 0 N–H and O–H groups in total. The monoisotopic (exact) mass is 191 g/mol. The molecule has 0 aromatic carbocycles. The fraction of sp³-hybridized carbons (Fsp3) is 0.615. The van der Waals surface area contributed by atoms with Crippen LogP contribution in [0.15, 0.2) is 18.3 Å². The van der Waals surface area contributed by atoms with Gasteiger partial charge in [-0.3, -0.25) is 4.98 Å². The van der Waals surface area contributed by atoms with Crippen molar-refractivity contribution in [3.05, 3.63) is 29.6 Å². The van der Waals surface area contributed by atoms with Gasteiger partial charge >= 0.3 is 0 Å². The second-order valence-corrected chi connectivity index (χ2v) is 3.97. The van der Waals surface area contributed by atoms with Crippen molar-refractivity contribution in [3.8, 4) is 0 Å². The summed E-state index contributed by atoms with van der Waals surface area (Å²) in [6.07, 6.45) is 4.28. The summed E-state index contributed by atoms with van der Waals surface area (Å²) in [6, 6.07) is 4.26. The number of nitrogens with zero attached hydrogens (tertiary/aromatic N) is 1. The van der Waals surface area contributed by atoms with Crippen molar-refractivity contribution < 1.29 is 0 Å². The van der Waals surface area contributed by atoms with Gasteiger partial charge in [0.25, 0.3) is 0 Å². The molecule has 2 rings (SSSR count). The second kappa shape index (κ2) is 5.14. The lowest BCUT2D eigenvalue weighted by Crippen LogP contribution is -2.21. The highest BCUT2D eigenvalue weighted by Crippen LogP contribution is 2.27. The van der Waals surface area contributed by atoms with E-state index in [1.54, 1.807) is 0 Å². The highest BCUT2D eigenvalue weighted by Gasteiger charge is 2.21. The Morgan fingerprint density at radius 3 is 2.50 bits per heavy atom. The maximum atomic E-state index is 4.40. The summed E-state index contributed by atoms with van der Waals surface area (Å²) in [6.45, 7) is 8.66. The minimum Gasteiger partial charge on any atom is -0.261 e. The van der Waals surface area contributed by atoms with Gasteiger partial charge in [0.05, 0.1) is 0 Å².